The second kappa shape index (κ2) is 10.1. The Morgan fingerprint density at radius 3 is 2.30 bits per heavy atom. The van der Waals surface area contributed by atoms with Crippen LogP contribution < -0.4 is 11.1 Å². The molecule has 1 unspecified atom stereocenters. The first-order valence-corrected chi connectivity index (χ1v) is 11.6. The van der Waals surface area contributed by atoms with Crippen LogP contribution in [-0.4, -0.2) is 56.6 Å². The van der Waals surface area contributed by atoms with E-state index in [2.05, 4.69) is 20.3 Å². The molecule has 0 saturated heterocycles. The Labute approximate surface area is 186 Å². The molecule has 33 heavy (non-hydrogen) atoms. The monoisotopic (exact) mass is 494 g/mol. The van der Waals surface area contributed by atoms with Gasteiger partial charge in [-0.25, -0.2) is 4.98 Å². The molecule has 180 valence electrons. The molecule has 1 atom stereocenters. The van der Waals surface area contributed by atoms with Gasteiger partial charge in [-0.15, -0.1) is 0 Å². The number of imidazole rings is 1. The maximum Gasteiger partial charge on any atom is 0.392 e. The lowest BCUT2D eigenvalue weighted by Crippen LogP contribution is -2.24. The summed E-state index contributed by atoms with van der Waals surface area (Å²) in [5, 5.41) is 3.09. The molecule has 0 spiro atoms. The molecule has 14 heteroatoms. The maximum atomic E-state index is 12.7. The summed E-state index contributed by atoms with van der Waals surface area (Å²) in [5.41, 5.74) is 7.30. The summed E-state index contributed by atoms with van der Waals surface area (Å²) in [5.74, 6) is 0.324. The van der Waals surface area contributed by atoms with E-state index in [1.165, 1.54) is 6.33 Å². The molecular formula is C19H21F6N6OP. The van der Waals surface area contributed by atoms with Crippen molar-refractivity contribution < 1.29 is 31.1 Å². The molecule has 1 aromatic carbocycles. The summed E-state index contributed by atoms with van der Waals surface area (Å²) in [6.07, 6.45) is -12.3. The third-order valence-corrected chi connectivity index (χ3v) is 6.44. The largest absolute Gasteiger partial charge is 0.392 e. The number of nitrogen functional groups attached to an aromatic ring is 1. The molecule has 3 N–H and O–H groups in total. The van der Waals surface area contributed by atoms with Crippen molar-refractivity contribution in [1.82, 2.24) is 19.5 Å². The molecule has 0 aliphatic carbocycles. The molecule has 0 fully saturated rings. The fraction of sp³-hybridized carbons (Fsp3) is 0.421. The van der Waals surface area contributed by atoms with Crippen LogP contribution in [0.4, 0.5) is 43.8 Å². The first kappa shape index (κ1) is 25.0. The summed E-state index contributed by atoms with van der Waals surface area (Å²) in [6, 6.07) is 9.14. The fourth-order valence-electron chi connectivity index (χ4n) is 3.06. The highest BCUT2D eigenvalue weighted by Gasteiger charge is 2.38. The SMILES string of the molecule is CC(Cn1cnc2c(Nc3ccccc3)nc(N)nc21)OCP(CC(F)(F)F)CC(F)(F)F. The second-order valence-corrected chi connectivity index (χ2v) is 9.55. The van der Waals surface area contributed by atoms with Crippen molar-refractivity contribution in [3.8, 4) is 0 Å². The number of hydrogen-bond donors (Lipinski definition) is 2. The van der Waals surface area contributed by atoms with Crippen LogP contribution >= 0.6 is 7.92 Å². The van der Waals surface area contributed by atoms with E-state index < -0.39 is 45.0 Å². The maximum absolute atomic E-state index is 12.7. The number of nitrogens with zero attached hydrogens (tertiary/aromatic N) is 4. The predicted octanol–water partition coefficient (Wildman–Crippen LogP) is 5.12. The summed E-state index contributed by atoms with van der Waals surface area (Å²) in [6.45, 7) is 1.65. The smallest absolute Gasteiger partial charge is 0.372 e. The number of nitrogens with one attached hydrogen (secondary N) is 1. The van der Waals surface area contributed by atoms with E-state index in [0.717, 1.165) is 5.69 Å². The van der Waals surface area contributed by atoms with Gasteiger partial charge in [0.25, 0.3) is 0 Å². The van der Waals surface area contributed by atoms with Crippen molar-refractivity contribution in [2.45, 2.75) is 31.9 Å². The molecular weight excluding hydrogens is 473 g/mol. The summed E-state index contributed by atoms with van der Waals surface area (Å²) in [7, 11) is -2.46. The van der Waals surface area contributed by atoms with Gasteiger partial charge in [-0.05, 0) is 19.1 Å². The molecule has 0 saturated carbocycles. The van der Waals surface area contributed by atoms with Crippen molar-refractivity contribution in [1.29, 1.82) is 0 Å². The van der Waals surface area contributed by atoms with Crippen molar-refractivity contribution in [2.24, 2.45) is 0 Å². The van der Waals surface area contributed by atoms with Crippen LogP contribution in [0.15, 0.2) is 36.7 Å². The third-order valence-electron chi connectivity index (χ3n) is 4.32. The summed E-state index contributed by atoms with van der Waals surface area (Å²) < 4.78 is 82.9. The number of alkyl halides is 6. The average Bonchev–Trinajstić information content (AvgIpc) is 3.07. The summed E-state index contributed by atoms with van der Waals surface area (Å²) >= 11 is 0. The quantitative estimate of drug-likeness (QED) is 0.317. The number of hydrogen-bond acceptors (Lipinski definition) is 6. The topological polar surface area (TPSA) is 90.9 Å². The van der Waals surface area contributed by atoms with Crippen molar-refractivity contribution in [2.75, 3.05) is 29.7 Å². The molecule has 0 aliphatic heterocycles. The number of benzene rings is 1. The van der Waals surface area contributed by atoms with Gasteiger partial charge in [0.15, 0.2) is 17.0 Å². The lowest BCUT2D eigenvalue weighted by atomic mass is 10.3. The van der Waals surface area contributed by atoms with E-state index in [-0.39, 0.29) is 12.5 Å². The molecule has 3 rings (SSSR count). The highest BCUT2D eigenvalue weighted by molar-refractivity contribution is 7.57. The Kier molecular flexibility index (Phi) is 7.63. The van der Waals surface area contributed by atoms with Gasteiger partial charge in [0.1, 0.15) is 0 Å². The molecule has 2 aromatic heterocycles. The average molecular weight is 494 g/mol. The van der Waals surface area contributed by atoms with Gasteiger partial charge in [-0.2, -0.15) is 36.3 Å². The van der Waals surface area contributed by atoms with Crippen LogP contribution in [0.25, 0.3) is 11.2 Å². The lowest BCUT2D eigenvalue weighted by molar-refractivity contribution is -0.112. The molecule has 0 radical (unpaired) electrons. The van der Waals surface area contributed by atoms with Crippen LogP contribution in [0.3, 0.4) is 0 Å². The van der Waals surface area contributed by atoms with E-state index in [9.17, 15) is 26.3 Å². The van der Waals surface area contributed by atoms with Gasteiger partial charge in [0.2, 0.25) is 5.95 Å². The zero-order chi connectivity index (χ0) is 24.2. The number of anilines is 3. The van der Waals surface area contributed by atoms with E-state index >= 15 is 0 Å². The number of rotatable bonds is 9. The van der Waals surface area contributed by atoms with Gasteiger partial charge in [-0.1, -0.05) is 26.1 Å². The Morgan fingerprint density at radius 2 is 1.70 bits per heavy atom. The number of ether oxygens (including phenoxy) is 1. The molecule has 7 nitrogen and oxygen atoms in total. The third kappa shape index (κ3) is 7.71. The lowest BCUT2D eigenvalue weighted by Gasteiger charge is -2.23. The van der Waals surface area contributed by atoms with Crippen LogP contribution in [0.1, 0.15) is 6.92 Å². The van der Waals surface area contributed by atoms with Gasteiger partial charge in [0.05, 0.1) is 37.6 Å². The standard InChI is InChI=1S/C19H21F6N6OP/c1-12(32-11-33(8-18(20,21)22)9-19(23,24)25)7-31-10-27-14-15(29-17(26)30-16(14)31)28-13-5-3-2-4-6-13/h2-6,10,12H,7-9,11H2,1H3,(H3,26,28,29,30). The van der Waals surface area contributed by atoms with E-state index in [1.54, 1.807) is 11.5 Å². The van der Waals surface area contributed by atoms with Crippen LogP contribution in [0, 0.1) is 0 Å². The normalized spacial score (nSPS) is 13.6. The van der Waals surface area contributed by atoms with Gasteiger partial charge in [-0.3, -0.25) is 0 Å². The van der Waals surface area contributed by atoms with Crippen molar-refractivity contribution in [3.63, 3.8) is 0 Å². The number of nitrogens with two attached hydrogens (primary N) is 1. The van der Waals surface area contributed by atoms with Crippen LogP contribution in [0.2, 0.25) is 0 Å². The minimum atomic E-state index is -4.69. The first-order valence-electron chi connectivity index (χ1n) is 9.67. The van der Waals surface area contributed by atoms with Crippen molar-refractivity contribution >= 4 is 36.5 Å². The number of para-hydroxylation sites is 1. The van der Waals surface area contributed by atoms with E-state index in [0.29, 0.717) is 17.0 Å². The minimum absolute atomic E-state index is 0.0323. The second-order valence-electron chi connectivity index (χ2n) is 7.31. The molecule has 0 bridgehead atoms. The highest BCUT2D eigenvalue weighted by atomic mass is 31.1. The zero-order valence-corrected chi connectivity index (χ0v) is 18.3. The van der Waals surface area contributed by atoms with Gasteiger partial charge in [0, 0.05) is 5.69 Å². The number of aromatic nitrogens is 4. The zero-order valence-electron chi connectivity index (χ0n) is 17.4. The van der Waals surface area contributed by atoms with E-state index in [1.807, 2.05) is 30.3 Å². The number of fused-ring (bicyclic) bond motifs is 1. The molecule has 0 aliphatic rings. The molecule has 3 aromatic rings. The predicted molar refractivity (Wildman–Crippen MR) is 114 cm³/mol. The van der Waals surface area contributed by atoms with Crippen LogP contribution in [-0.2, 0) is 11.3 Å². The molecule has 0 amide bonds. The fourth-order valence-corrected chi connectivity index (χ4v) is 4.83. The van der Waals surface area contributed by atoms with Crippen molar-refractivity contribution in [3.05, 3.63) is 36.7 Å². The highest BCUT2D eigenvalue weighted by Crippen LogP contribution is 2.45. The number of halogens is 6. The minimum Gasteiger partial charge on any atom is -0.372 e. The Bertz CT molecular complexity index is 1040. The Morgan fingerprint density at radius 1 is 1.06 bits per heavy atom. The molecule has 2 heterocycles. The first-order chi connectivity index (χ1) is 15.4. The van der Waals surface area contributed by atoms with Gasteiger partial charge >= 0.3 is 12.4 Å². The Hall–Kier alpha value is -2.66. The van der Waals surface area contributed by atoms with Crippen LogP contribution in [0.5, 0.6) is 0 Å². The Balaban J connectivity index is 1.71. The van der Waals surface area contributed by atoms with E-state index in [4.69, 9.17) is 10.5 Å². The summed E-state index contributed by atoms with van der Waals surface area (Å²) in [4.78, 5) is 12.6. The van der Waals surface area contributed by atoms with Gasteiger partial charge < -0.3 is 20.4 Å².